The molecule has 1 saturated heterocycles. The summed E-state index contributed by atoms with van der Waals surface area (Å²) in [5, 5.41) is 22.4. The molecule has 2 aliphatic heterocycles. The van der Waals surface area contributed by atoms with E-state index >= 15 is 0 Å². The highest BCUT2D eigenvalue weighted by atomic mass is 28.4. The molecule has 5 atom stereocenters. The van der Waals surface area contributed by atoms with Gasteiger partial charge in [-0.1, -0.05) is 72.8 Å². The Morgan fingerprint density at radius 3 is 2.38 bits per heavy atom. The smallest absolute Gasteiger partial charge is 0.264 e. The highest BCUT2D eigenvalue weighted by Crippen LogP contribution is 2.60. The number of aromatic nitrogens is 3. The van der Waals surface area contributed by atoms with Crippen LogP contribution in [0.3, 0.4) is 0 Å². The zero-order valence-electron chi connectivity index (χ0n) is 29.6. The van der Waals surface area contributed by atoms with Crippen LogP contribution in [0.15, 0.2) is 109 Å². The van der Waals surface area contributed by atoms with Crippen molar-refractivity contribution in [1.82, 2.24) is 15.0 Å². The number of anilines is 2. The molecule has 3 N–H and O–H groups in total. The van der Waals surface area contributed by atoms with Gasteiger partial charge in [-0.05, 0) is 73.1 Å². The third kappa shape index (κ3) is 6.54. The van der Waals surface area contributed by atoms with E-state index in [1.807, 2.05) is 92.8 Å². The Kier molecular flexibility index (Phi) is 9.57. The molecule has 1 aromatic heterocycles. The van der Waals surface area contributed by atoms with Gasteiger partial charge in [-0.25, -0.2) is 0 Å². The molecule has 0 radical (unpaired) electrons. The summed E-state index contributed by atoms with van der Waals surface area (Å²) in [4.78, 5) is 41.8. The zero-order chi connectivity index (χ0) is 36.6. The number of fused-ring (bicyclic) bond motifs is 2. The average Bonchev–Trinajstić information content (AvgIpc) is 3.81. The molecule has 3 heterocycles. The maximum absolute atomic E-state index is 14.9. The van der Waals surface area contributed by atoms with Crippen molar-refractivity contribution in [1.29, 1.82) is 0 Å². The van der Waals surface area contributed by atoms with Gasteiger partial charge in [0.2, 0.25) is 0 Å². The summed E-state index contributed by atoms with van der Waals surface area (Å²) < 4.78 is 13.9. The first-order valence-electron chi connectivity index (χ1n) is 17.5. The SMILES string of the molecule is COc1ccc(C(=O)Nc2ccc3c(c2)[C@]2(O[C@@H](CCn4cc([C@H](O)c5ccccc5)nn4)[C@H]([Si](C)(C)O)[C@H]2C)C(=O)N3Cc2ccccc2)cc1. The molecule has 52 heavy (non-hydrogen) atoms. The summed E-state index contributed by atoms with van der Waals surface area (Å²) in [7, 11) is -1.37. The average molecular weight is 718 g/mol. The molecule has 268 valence electrons. The second kappa shape index (κ2) is 14.1. The van der Waals surface area contributed by atoms with Gasteiger partial charge in [0.1, 0.15) is 17.5 Å². The fourth-order valence-corrected chi connectivity index (χ4v) is 10.5. The third-order valence-corrected chi connectivity index (χ3v) is 12.9. The van der Waals surface area contributed by atoms with Crippen LogP contribution in [-0.4, -0.2) is 58.2 Å². The monoisotopic (exact) mass is 717 g/mol. The van der Waals surface area contributed by atoms with Gasteiger partial charge in [-0.3, -0.25) is 14.3 Å². The highest BCUT2D eigenvalue weighted by Gasteiger charge is 2.66. The Morgan fingerprint density at radius 1 is 1.02 bits per heavy atom. The van der Waals surface area contributed by atoms with Gasteiger partial charge in [-0.15, -0.1) is 5.10 Å². The van der Waals surface area contributed by atoms with Gasteiger partial charge < -0.3 is 29.6 Å². The number of methoxy groups -OCH3 is 1. The van der Waals surface area contributed by atoms with Gasteiger partial charge in [0.15, 0.2) is 13.9 Å². The summed E-state index contributed by atoms with van der Waals surface area (Å²) in [6, 6.07) is 31.4. The third-order valence-electron chi connectivity index (χ3n) is 10.4. The van der Waals surface area contributed by atoms with Crippen molar-refractivity contribution in [3.8, 4) is 5.75 Å². The van der Waals surface area contributed by atoms with Crippen molar-refractivity contribution in [3.63, 3.8) is 0 Å². The highest BCUT2D eigenvalue weighted by molar-refractivity contribution is 6.71. The van der Waals surface area contributed by atoms with E-state index in [1.54, 1.807) is 53.2 Å². The molecule has 7 rings (SSSR count). The van der Waals surface area contributed by atoms with Crippen LogP contribution >= 0.6 is 0 Å². The molecule has 0 aliphatic carbocycles. The molecular formula is C40H43N5O6Si. The number of aliphatic hydroxyl groups is 1. The Labute approximate surface area is 304 Å². The Hall–Kier alpha value is -5.14. The van der Waals surface area contributed by atoms with Crippen LogP contribution in [0.4, 0.5) is 11.4 Å². The van der Waals surface area contributed by atoms with E-state index in [0.717, 1.165) is 11.1 Å². The molecule has 1 fully saturated rings. The van der Waals surface area contributed by atoms with Crippen LogP contribution in [0.1, 0.15) is 52.2 Å². The summed E-state index contributed by atoms with van der Waals surface area (Å²) >= 11 is 0. The van der Waals surface area contributed by atoms with Gasteiger partial charge in [-0.2, -0.15) is 0 Å². The normalized spacial score (nSPS) is 21.7. The maximum Gasteiger partial charge on any atom is 0.264 e. The molecule has 0 bridgehead atoms. The van der Waals surface area contributed by atoms with Crippen molar-refractivity contribution < 1.29 is 29.0 Å². The van der Waals surface area contributed by atoms with Crippen LogP contribution in [-0.2, 0) is 28.2 Å². The van der Waals surface area contributed by atoms with E-state index < -0.39 is 32.0 Å². The fourth-order valence-electron chi connectivity index (χ4n) is 7.91. The second-order valence-corrected chi connectivity index (χ2v) is 18.1. The first kappa shape index (κ1) is 35.3. The minimum atomic E-state index is -2.94. The lowest BCUT2D eigenvalue weighted by atomic mass is 9.82. The number of carbonyl (C=O) groups is 2. The van der Waals surface area contributed by atoms with Gasteiger partial charge >= 0.3 is 0 Å². The lowest BCUT2D eigenvalue weighted by molar-refractivity contribution is -0.146. The topological polar surface area (TPSA) is 139 Å². The summed E-state index contributed by atoms with van der Waals surface area (Å²) in [5.74, 6) is -0.243. The molecule has 1 spiro atoms. The first-order chi connectivity index (χ1) is 25.0. The van der Waals surface area contributed by atoms with E-state index in [-0.39, 0.29) is 17.4 Å². The molecule has 0 unspecified atom stereocenters. The number of hydrogen-bond acceptors (Lipinski definition) is 8. The van der Waals surface area contributed by atoms with Crippen LogP contribution < -0.4 is 15.0 Å². The number of hydrogen-bond donors (Lipinski definition) is 3. The number of rotatable bonds is 11. The summed E-state index contributed by atoms with van der Waals surface area (Å²) in [6.07, 6.45) is 0.768. The van der Waals surface area contributed by atoms with Crippen molar-refractivity contribution in [2.24, 2.45) is 5.92 Å². The van der Waals surface area contributed by atoms with Crippen LogP contribution in [0, 0.1) is 5.92 Å². The van der Waals surface area contributed by atoms with E-state index in [1.165, 1.54) is 0 Å². The number of aliphatic hydroxyl groups excluding tert-OH is 1. The molecule has 2 amide bonds. The number of ether oxygens (including phenoxy) is 2. The number of nitrogens with zero attached hydrogens (tertiary/aromatic N) is 4. The quantitative estimate of drug-likeness (QED) is 0.140. The first-order valence-corrected chi connectivity index (χ1v) is 20.5. The number of amides is 2. The minimum absolute atomic E-state index is 0.197. The van der Waals surface area contributed by atoms with Crippen LogP contribution in [0.25, 0.3) is 0 Å². The Morgan fingerprint density at radius 2 is 1.71 bits per heavy atom. The predicted octanol–water partition coefficient (Wildman–Crippen LogP) is 6.06. The zero-order valence-corrected chi connectivity index (χ0v) is 30.6. The molecule has 2 aliphatic rings. The molecular weight excluding hydrogens is 675 g/mol. The van der Waals surface area contributed by atoms with E-state index in [0.29, 0.717) is 53.5 Å². The minimum Gasteiger partial charge on any atom is -0.497 e. The number of aryl methyl sites for hydroxylation is 1. The van der Waals surface area contributed by atoms with Gasteiger partial charge in [0.05, 0.1) is 31.6 Å². The maximum atomic E-state index is 14.9. The molecule has 4 aromatic carbocycles. The van der Waals surface area contributed by atoms with E-state index in [9.17, 15) is 19.5 Å². The van der Waals surface area contributed by atoms with Crippen molar-refractivity contribution in [2.45, 2.75) is 62.9 Å². The fraction of sp³-hybridized carbons (Fsp3) is 0.300. The molecule has 0 saturated carbocycles. The number of nitrogens with one attached hydrogen (secondary N) is 1. The van der Waals surface area contributed by atoms with Gasteiger partial charge in [0, 0.05) is 34.8 Å². The van der Waals surface area contributed by atoms with Gasteiger partial charge in [0.25, 0.3) is 11.8 Å². The lowest BCUT2D eigenvalue weighted by Gasteiger charge is -2.32. The lowest BCUT2D eigenvalue weighted by Crippen LogP contribution is -2.46. The summed E-state index contributed by atoms with van der Waals surface area (Å²) in [6.45, 7) is 6.51. The molecule has 11 nitrogen and oxygen atoms in total. The standard InChI is InChI=1S/C40H43N5O6Si/c1-26-37(52(3,4)49)35(21-22-44-25-33(42-43-44)36(46)28-13-9-6-10-14-28)51-40(26)32-23-30(41-38(47)29-15-18-31(50-2)19-16-29)17-20-34(32)45(39(40)48)24-27-11-7-5-8-12-27/h5-20,23,25-26,35-37,46,49H,21-22,24H2,1-4H3,(H,41,47)/t26-,35+,36-,37-,40+/m1/s1. The second-order valence-electron chi connectivity index (χ2n) is 14.2. The van der Waals surface area contributed by atoms with Crippen LogP contribution in [0.5, 0.6) is 5.75 Å². The molecule has 12 heteroatoms. The van der Waals surface area contributed by atoms with Crippen molar-refractivity contribution in [2.75, 3.05) is 17.3 Å². The summed E-state index contributed by atoms with van der Waals surface area (Å²) in [5.41, 5.74) is 2.75. The van der Waals surface area contributed by atoms with E-state index in [4.69, 9.17) is 9.47 Å². The Balaban J connectivity index is 1.21. The number of benzene rings is 4. The largest absolute Gasteiger partial charge is 0.497 e. The number of carbonyl (C=O) groups excluding carboxylic acids is 2. The van der Waals surface area contributed by atoms with Crippen molar-refractivity contribution in [3.05, 3.63) is 137 Å². The Bertz CT molecular complexity index is 2050. The predicted molar refractivity (Wildman–Crippen MR) is 199 cm³/mol. The van der Waals surface area contributed by atoms with Crippen molar-refractivity contribution >= 4 is 31.5 Å². The van der Waals surface area contributed by atoms with Crippen LogP contribution in [0.2, 0.25) is 18.6 Å². The molecule has 5 aromatic rings. The van der Waals surface area contributed by atoms with E-state index in [2.05, 4.69) is 15.6 Å².